The van der Waals surface area contributed by atoms with Gasteiger partial charge in [-0.1, -0.05) is 0 Å². The van der Waals surface area contributed by atoms with Crippen LogP contribution in [0, 0.1) is 5.82 Å². The average Bonchev–Trinajstić information content (AvgIpc) is 3.04. The van der Waals surface area contributed by atoms with E-state index in [2.05, 4.69) is 15.5 Å². The molecule has 3 rings (SSSR count). The number of rotatable bonds is 4. The van der Waals surface area contributed by atoms with Gasteiger partial charge in [0.1, 0.15) is 12.1 Å². The Bertz CT molecular complexity index is 734. The minimum absolute atomic E-state index is 0.208. The van der Waals surface area contributed by atoms with Crippen molar-refractivity contribution in [1.29, 1.82) is 0 Å². The molecule has 5 nitrogen and oxygen atoms in total. The van der Waals surface area contributed by atoms with Crippen LogP contribution in [0.15, 0.2) is 36.0 Å². The fraction of sp³-hybridized carbons (Fsp3) is 0.154. The van der Waals surface area contributed by atoms with Crippen LogP contribution in [0.3, 0.4) is 0 Å². The highest BCUT2D eigenvalue weighted by atomic mass is 32.1. The van der Waals surface area contributed by atoms with Crippen LogP contribution in [0.1, 0.15) is 16.1 Å². The first-order valence-electron chi connectivity index (χ1n) is 6.04. The monoisotopic (exact) mass is 290 g/mol. The maximum absolute atomic E-state index is 12.8. The van der Waals surface area contributed by atoms with Gasteiger partial charge in [0.25, 0.3) is 5.91 Å². The molecule has 1 aromatic carbocycles. The van der Waals surface area contributed by atoms with E-state index in [4.69, 9.17) is 0 Å². The second-order valence-electron chi connectivity index (χ2n) is 4.22. The summed E-state index contributed by atoms with van der Waals surface area (Å²) in [6, 6.07) is 5.48. The average molecular weight is 290 g/mol. The number of halogens is 1. The first kappa shape index (κ1) is 12.7. The zero-order valence-electron chi connectivity index (χ0n) is 10.4. The summed E-state index contributed by atoms with van der Waals surface area (Å²) < 4.78 is 14.7. The maximum atomic E-state index is 12.8. The van der Waals surface area contributed by atoms with E-state index in [0.29, 0.717) is 18.5 Å². The number of carbonyl (C=O) groups excluding carboxylic acids is 1. The normalized spacial score (nSPS) is 10.8. The lowest BCUT2D eigenvalue weighted by atomic mass is 10.2. The highest BCUT2D eigenvalue weighted by Crippen LogP contribution is 2.13. The van der Waals surface area contributed by atoms with Gasteiger partial charge in [0.2, 0.25) is 4.96 Å². The smallest absolute Gasteiger partial charge is 0.251 e. The van der Waals surface area contributed by atoms with Crippen LogP contribution in [-0.2, 0) is 6.42 Å². The van der Waals surface area contributed by atoms with Crippen LogP contribution >= 0.6 is 11.3 Å². The van der Waals surface area contributed by atoms with E-state index in [1.165, 1.54) is 35.6 Å². The quantitative estimate of drug-likeness (QED) is 0.798. The number of amides is 1. The van der Waals surface area contributed by atoms with Crippen LogP contribution in [-0.4, -0.2) is 27.0 Å². The molecule has 0 atom stereocenters. The molecule has 0 fully saturated rings. The third kappa shape index (κ3) is 2.53. The molecule has 20 heavy (non-hydrogen) atoms. The molecular formula is C13H11FN4OS. The molecule has 2 aromatic heterocycles. The van der Waals surface area contributed by atoms with Crippen molar-refractivity contribution in [1.82, 2.24) is 19.9 Å². The van der Waals surface area contributed by atoms with Gasteiger partial charge >= 0.3 is 0 Å². The van der Waals surface area contributed by atoms with Crippen LogP contribution in [0.2, 0.25) is 0 Å². The Morgan fingerprint density at radius 2 is 2.15 bits per heavy atom. The van der Waals surface area contributed by atoms with Crippen molar-refractivity contribution in [2.24, 2.45) is 0 Å². The molecule has 0 radical (unpaired) electrons. The lowest BCUT2D eigenvalue weighted by Gasteiger charge is -2.04. The maximum Gasteiger partial charge on any atom is 0.251 e. The number of thiazole rings is 1. The lowest BCUT2D eigenvalue weighted by molar-refractivity contribution is 0.0954. The fourth-order valence-corrected chi connectivity index (χ4v) is 2.71. The van der Waals surface area contributed by atoms with Gasteiger partial charge in [-0.3, -0.25) is 9.20 Å². The van der Waals surface area contributed by atoms with Crippen LogP contribution in [0.25, 0.3) is 4.96 Å². The summed E-state index contributed by atoms with van der Waals surface area (Å²) in [6.45, 7) is 0.500. The molecule has 0 aliphatic carbocycles. The minimum atomic E-state index is -0.352. The molecule has 0 saturated carbocycles. The summed E-state index contributed by atoms with van der Waals surface area (Å²) >= 11 is 1.51. The first-order valence-corrected chi connectivity index (χ1v) is 6.92. The molecule has 0 bridgehead atoms. The number of aromatic nitrogens is 3. The molecule has 102 valence electrons. The summed E-state index contributed by atoms with van der Waals surface area (Å²) in [5.41, 5.74) is 1.50. The zero-order chi connectivity index (χ0) is 13.9. The van der Waals surface area contributed by atoms with Gasteiger partial charge < -0.3 is 5.32 Å². The summed E-state index contributed by atoms with van der Waals surface area (Å²) in [5, 5.41) is 12.6. The van der Waals surface area contributed by atoms with E-state index >= 15 is 0 Å². The summed E-state index contributed by atoms with van der Waals surface area (Å²) in [5.74, 6) is -0.560. The van der Waals surface area contributed by atoms with Crippen molar-refractivity contribution >= 4 is 22.2 Å². The Morgan fingerprint density at radius 3 is 2.95 bits per heavy atom. The number of nitrogens with zero attached hydrogens (tertiary/aromatic N) is 3. The molecule has 3 aromatic rings. The van der Waals surface area contributed by atoms with Crippen LogP contribution in [0.4, 0.5) is 4.39 Å². The van der Waals surface area contributed by atoms with Crippen molar-refractivity contribution in [3.05, 3.63) is 53.0 Å². The second kappa shape index (κ2) is 5.38. The third-order valence-electron chi connectivity index (χ3n) is 2.90. The largest absolute Gasteiger partial charge is 0.352 e. The Balaban J connectivity index is 1.59. The standard InChI is InChI=1S/C13H11FN4OS/c14-10-3-1-9(2-4-10)12(19)15-6-5-11-7-20-13-17-16-8-18(11)13/h1-4,7-8H,5-6H2,(H,15,19). The highest BCUT2D eigenvalue weighted by Gasteiger charge is 2.07. The number of nitrogens with one attached hydrogen (secondary N) is 1. The van der Waals surface area contributed by atoms with Gasteiger partial charge in [0.15, 0.2) is 0 Å². The van der Waals surface area contributed by atoms with E-state index in [1.807, 2.05) is 9.78 Å². The summed E-state index contributed by atoms with van der Waals surface area (Å²) in [7, 11) is 0. The van der Waals surface area contributed by atoms with E-state index in [0.717, 1.165) is 10.7 Å². The SMILES string of the molecule is O=C(NCCc1csc2nncn12)c1ccc(F)cc1. The van der Waals surface area contributed by atoms with Gasteiger partial charge in [-0.15, -0.1) is 21.5 Å². The fourth-order valence-electron chi connectivity index (χ4n) is 1.87. The number of fused-ring (bicyclic) bond motifs is 1. The van der Waals surface area contributed by atoms with E-state index in [-0.39, 0.29) is 11.7 Å². The number of hydrogen-bond acceptors (Lipinski definition) is 4. The molecular weight excluding hydrogens is 279 g/mol. The Labute approximate surface area is 118 Å². The molecule has 7 heteroatoms. The molecule has 0 unspecified atom stereocenters. The molecule has 1 N–H and O–H groups in total. The van der Waals surface area contributed by atoms with Crippen LogP contribution < -0.4 is 5.32 Å². The Kier molecular flexibility index (Phi) is 3.42. The minimum Gasteiger partial charge on any atom is -0.352 e. The topological polar surface area (TPSA) is 59.3 Å². The van der Waals surface area contributed by atoms with Crippen molar-refractivity contribution in [2.45, 2.75) is 6.42 Å². The first-order chi connectivity index (χ1) is 9.74. The molecule has 0 aliphatic heterocycles. The van der Waals surface area contributed by atoms with Crippen molar-refractivity contribution in [3.63, 3.8) is 0 Å². The Morgan fingerprint density at radius 1 is 1.35 bits per heavy atom. The zero-order valence-corrected chi connectivity index (χ0v) is 11.2. The van der Waals surface area contributed by atoms with E-state index in [9.17, 15) is 9.18 Å². The molecule has 2 heterocycles. The highest BCUT2D eigenvalue weighted by molar-refractivity contribution is 7.15. The second-order valence-corrected chi connectivity index (χ2v) is 5.06. The number of hydrogen-bond donors (Lipinski definition) is 1. The van der Waals surface area contributed by atoms with E-state index in [1.54, 1.807) is 6.33 Å². The third-order valence-corrected chi connectivity index (χ3v) is 3.78. The van der Waals surface area contributed by atoms with E-state index < -0.39 is 0 Å². The van der Waals surface area contributed by atoms with Gasteiger partial charge in [-0.05, 0) is 24.3 Å². The molecule has 1 amide bonds. The Hall–Kier alpha value is -2.28. The van der Waals surface area contributed by atoms with Crippen molar-refractivity contribution < 1.29 is 9.18 Å². The molecule has 0 aliphatic rings. The van der Waals surface area contributed by atoms with Crippen molar-refractivity contribution in [2.75, 3.05) is 6.54 Å². The summed E-state index contributed by atoms with van der Waals surface area (Å²) in [4.78, 5) is 12.7. The van der Waals surface area contributed by atoms with Crippen LogP contribution in [0.5, 0.6) is 0 Å². The van der Waals surface area contributed by atoms with Gasteiger partial charge in [-0.25, -0.2) is 4.39 Å². The van der Waals surface area contributed by atoms with Gasteiger partial charge in [0, 0.05) is 29.6 Å². The van der Waals surface area contributed by atoms with Crippen molar-refractivity contribution in [3.8, 4) is 0 Å². The summed E-state index contributed by atoms with van der Waals surface area (Å²) in [6.07, 6.45) is 2.34. The lowest BCUT2D eigenvalue weighted by Crippen LogP contribution is -2.25. The number of benzene rings is 1. The predicted octanol–water partition coefficient (Wildman–Crippen LogP) is 1.90. The number of carbonyl (C=O) groups is 1. The predicted molar refractivity (Wildman–Crippen MR) is 73.3 cm³/mol. The van der Waals surface area contributed by atoms with Gasteiger partial charge in [0.05, 0.1) is 0 Å². The molecule has 0 saturated heterocycles. The molecule has 0 spiro atoms. The van der Waals surface area contributed by atoms with Gasteiger partial charge in [-0.2, -0.15) is 0 Å².